The number of hydrogen-bond donors (Lipinski definition) is 0. The Morgan fingerprint density at radius 2 is 1.55 bits per heavy atom. The third-order valence-corrected chi connectivity index (χ3v) is 7.34. The van der Waals surface area contributed by atoms with E-state index < -0.39 is 18.6 Å². The minimum atomic E-state index is -4.49. The van der Waals surface area contributed by atoms with Crippen molar-refractivity contribution in [1.29, 1.82) is 0 Å². The molecule has 4 unspecified atom stereocenters. The topological polar surface area (TPSA) is 9.23 Å². The molecule has 2 fully saturated rings. The number of alkyl halides is 3. The number of fused-ring (bicyclic) bond motifs is 1. The standard InChI is InChI=1S/C26H30F4O/c1-2-17-3-4-22-14-21(10-9-20(22)13-17)18-5-7-19(8-6-18)23-11-12-25(24(27)15-23)31-16-26(28,29)30/h5-8,11-12,15,17,20-22H,2-4,9-10,13-14,16H2,1H3. The monoisotopic (exact) mass is 434 g/mol. The zero-order chi connectivity index (χ0) is 22.0. The molecule has 4 rings (SSSR count). The molecule has 2 saturated carbocycles. The second-order valence-electron chi connectivity index (χ2n) is 9.29. The van der Waals surface area contributed by atoms with Crippen LogP contribution in [-0.4, -0.2) is 12.8 Å². The summed E-state index contributed by atoms with van der Waals surface area (Å²) in [6, 6.07) is 12.3. The molecule has 0 aromatic heterocycles. The normalized spacial score (nSPS) is 26.4. The highest BCUT2D eigenvalue weighted by Gasteiger charge is 2.35. The summed E-state index contributed by atoms with van der Waals surface area (Å²) in [6.45, 7) is 0.813. The van der Waals surface area contributed by atoms with E-state index in [1.54, 1.807) is 6.07 Å². The predicted molar refractivity (Wildman–Crippen MR) is 115 cm³/mol. The van der Waals surface area contributed by atoms with E-state index in [1.165, 1.54) is 62.6 Å². The molecule has 0 amide bonds. The van der Waals surface area contributed by atoms with Crippen LogP contribution >= 0.6 is 0 Å². The zero-order valence-electron chi connectivity index (χ0n) is 17.9. The number of rotatable bonds is 5. The number of ether oxygens (including phenoxy) is 1. The molecule has 0 heterocycles. The first-order valence-corrected chi connectivity index (χ1v) is 11.4. The van der Waals surface area contributed by atoms with Gasteiger partial charge >= 0.3 is 6.18 Å². The van der Waals surface area contributed by atoms with E-state index in [-0.39, 0.29) is 5.75 Å². The van der Waals surface area contributed by atoms with Crippen molar-refractivity contribution in [1.82, 2.24) is 0 Å². The predicted octanol–water partition coefficient (Wildman–Crippen LogP) is 8.14. The first-order valence-electron chi connectivity index (χ1n) is 11.4. The Bertz CT molecular complexity index is 874. The Morgan fingerprint density at radius 1 is 0.871 bits per heavy atom. The van der Waals surface area contributed by atoms with Crippen molar-refractivity contribution in [2.24, 2.45) is 17.8 Å². The molecule has 168 valence electrons. The molecular weight excluding hydrogens is 404 g/mol. The largest absolute Gasteiger partial charge is 0.481 e. The number of hydrogen-bond acceptors (Lipinski definition) is 1. The lowest BCUT2D eigenvalue weighted by molar-refractivity contribution is -0.153. The third-order valence-electron chi connectivity index (χ3n) is 7.34. The van der Waals surface area contributed by atoms with Crippen molar-refractivity contribution in [2.75, 3.05) is 6.61 Å². The van der Waals surface area contributed by atoms with Crippen molar-refractivity contribution in [2.45, 2.75) is 64.0 Å². The Balaban J connectivity index is 1.40. The van der Waals surface area contributed by atoms with Crippen LogP contribution in [0.2, 0.25) is 0 Å². The maximum Gasteiger partial charge on any atom is 0.422 e. The van der Waals surface area contributed by atoms with Gasteiger partial charge in [0.25, 0.3) is 0 Å². The van der Waals surface area contributed by atoms with Gasteiger partial charge in [-0.3, -0.25) is 0 Å². The van der Waals surface area contributed by atoms with Crippen molar-refractivity contribution >= 4 is 0 Å². The van der Waals surface area contributed by atoms with Crippen molar-refractivity contribution in [3.05, 3.63) is 53.8 Å². The van der Waals surface area contributed by atoms with E-state index in [1.807, 2.05) is 12.1 Å². The Kier molecular flexibility index (Phi) is 6.59. The Labute approximate surface area is 181 Å². The highest BCUT2D eigenvalue weighted by atomic mass is 19.4. The van der Waals surface area contributed by atoms with Gasteiger partial charge in [0, 0.05) is 0 Å². The fourth-order valence-corrected chi connectivity index (χ4v) is 5.56. The lowest BCUT2D eigenvalue weighted by atomic mass is 9.63. The van der Waals surface area contributed by atoms with Gasteiger partial charge < -0.3 is 4.74 Å². The van der Waals surface area contributed by atoms with Crippen LogP contribution in [0.5, 0.6) is 5.75 Å². The van der Waals surface area contributed by atoms with Crippen LogP contribution < -0.4 is 4.74 Å². The minimum absolute atomic E-state index is 0.382. The summed E-state index contributed by atoms with van der Waals surface area (Å²) in [5.41, 5.74) is 2.82. The fourth-order valence-electron chi connectivity index (χ4n) is 5.56. The van der Waals surface area contributed by atoms with E-state index in [0.29, 0.717) is 11.5 Å². The van der Waals surface area contributed by atoms with Gasteiger partial charge in [0.2, 0.25) is 0 Å². The van der Waals surface area contributed by atoms with Crippen LogP contribution in [0.3, 0.4) is 0 Å². The molecule has 2 aromatic carbocycles. The smallest absolute Gasteiger partial charge is 0.422 e. The lowest BCUT2D eigenvalue weighted by Gasteiger charge is -2.42. The molecule has 1 nitrogen and oxygen atoms in total. The summed E-state index contributed by atoms with van der Waals surface area (Å²) in [4.78, 5) is 0. The highest BCUT2D eigenvalue weighted by Crippen LogP contribution is 2.48. The number of benzene rings is 2. The van der Waals surface area contributed by atoms with Gasteiger partial charge in [0.05, 0.1) is 0 Å². The molecule has 4 atom stereocenters. The van der Waals surface area contributed by atoms with Crippen LogP contribution in [0, 0.1) is 23.6 Å². The molecule has 31 heavy (non-hydrogen) atoms. The summed E-state index contributed by atoms with van der Waals surface area (Å²) in [5, 5.41) is 0. The minimum Gasteiger partial charge on any atom is -0.481 e. The molecule has 2 aliphatic rings. The second-order valence-corrected chi connectivity index (χ2v) is 9.29. The average molecular weight is 435 g/mol. The van der Waals surface area contributed by atoms with Gasteiger partial charge in [-0.15, -0.1) is 0 Å². The molecule has 2 aliphatic carbocycles. The summed E-state index contributed by atoms with van der Waals surface area (Å²) in [7, 11) is 0. The van der Waals surface area contributed by atoms with Crippen molar-refractivity contribution in [3.63, 3.8) is 0 Å². The zero-order valence-corrected chi connectivity index (χ0v) is 17.9. The quantitative estimate of drug-likeness (QED) is 0.432. The maximum absolute atomic E-state index is 14.2. The molecule has 2 aromatic rings. The van der Waals surface area contributed by atoms with E-state index in [9.17, 15) is 17.6 Å². The Hall–Kier alpha value is -2.04. The van der Waals surface area contributed by atoms with Crippen molar-refractivity contribution < 1.29 is 22.3 Å². The second kappa shape index (κ2) is 9.22. The molecule has 5 heteroatoms. The summed E-state index contributed by atoms with van der Waals surface area (Å²) < 4.78 is 55.6. The van der Waals surface area contributed by atoms with Gasteiger partial charge in [-0.05, 0) is 84.6 Å². The van der Waals surface area contributed by atoms with Gasteiger partial charge in [0.1, 0.15) is 0 Å². The number of halogens is 4. The SMILES string of the molecule is CCC1CCC2CC(c3ccc(-c4ccc(OCC(F)(F)F)c(F)c4)cc3)CCC2C1. The summed E-state index contributed by atoms with van der Waals surface area (Å²) >= 11 is 0. The van der Waals surface area contributed by atoms with Gasteiger partial charge in [0.15, 0.2) is 18.2 Å². The summed E-state index contributed by atoms with van der Waals surface area (Å²) in [5.74, 6) is 2.08. The van der Waals surface area contributed by atoms with Gasteiger partial charge in [-0.1, -0.05) is 50.1 Å². The van der Waals surface area contributed by atoms with Crippen LogP contribution in [0.15, 0.2) is 42.5 Å². The van der Waals surface area contributed by atoms with Crippen LogP contribution in [0.1, 0.15) is 63.4 Å². The molecule has 0 aliphatic heterocycles. The fraction of sp³-hybridized carbons (Fsp3) is 0.538. The van der Waals surface area contributed by atoms with E-state index in [2.05, 4.69) is 23.8 Å². The van der Waals surface area contributed by atoms with E-state index in [0.717, 1.165) is 23.3 Å². The Morgan fingerprint density at radius 3 is 2.23 bits per heavy atom. The molecular formula is C26H30F4O. The first kappa shape index (κ1) is 22.2. The third kappa shape index (κ3) is 5.42. The van der Waals surface area contributed by atoms with Crippen LogP contribution in [0.25, 0.3) is 11.1 Å². The lowest BCUT2D eigenvalue weighted by Crippen LogP contribution is -2.30. The van der Waals surface area contributed by atoms with Gasteiger partial charge in [-0.2, -0.15) is 13.2 Å². The molecule has 0 saturated heterocycles. The average Bonchev–Trinajstić information content (AvgIpc) is 2.77. The molecule has 0 radical (unpaired) electrons. The molecule has 0 N–H and O–H groups in total. The van der Waals surface area contributed by atoms with E-state index in [4.69, 9.17) is 0 Å². The maximum atomic E-state index is 14.2. The van der Waals surface area contributed by atoms with Crippen molar-refractivity contribution in [3.8, 4) is 16.9 Å². The molecule has 0 spiro atoms. The molecule has 0 bridgehead atoms. The van der Waals surface area contributed by atoms with Crippen LogP contribution in [-0.2, 0) is 0 Å². The van der Waals surface area contributed by atoms with E-state index >= 15 is 0 Å². The van der Waals surface area contributed by atoms with Crippen LogP contribution in [0.4, 0.5) is 17.6 Å². The first-order chi connectivity index (χ1) is 14.8. The highest BCUT2D eigenvalue weighted by molar-refractivity contribution is 5.64. The van der Waals surface area contributed by atoms with Gasteiger partial charge in [-0.25, -0.2) is 4.39 Å². The summed E-state index contributed by atoms with van der Waals surface area (Å²) in [6.07, 6.45) is 4.77.